The second kappa shape index (κ2) is 3.95. The third kappa shape index (κ3) is 1.81. The highest BCUT2D eigenvalue weighted by molar-refractivity contribution is 7.11. The first-order chi connectivity index (χ1) is 6.74. The van der Waals surface area contributed by atoms with Crippen LogP contribution in [0.1, 0.15) is 42.6 Å². The lowest BCUT2D eigenvalue weighted by Gasteiger charge is -2.18. The molecule has 0 bridgehead atoms. The van der Waals surface area contributed by atoms with Crippen LogP contribution in [0, 0.1) is 0 Å². The molecule has 0 saturated heterocycles. The van der Waals surface area contributed by atoms with Gasteiger partial charge in [0.15, 0.2) is 0 Å². The van der Waals surface area contributed by atoms with Crippen LogP contribution in [-0.2, 0) is 11.8 Å². The molecule has 1 saturated carbocycles. The van der Waals surface area contributed by atoms with Crippen molar-refractivity contribution in [1.82, 2.24) is 10.2 Å². The van der Waals surface area contributed by atoms with Gasteiger partial charge in [0.2, 0.25) is 0 Å². The smallest absolute Gasteiger partial charge is 0.123 e. The van der Waals surface area contributed by atoms with Gasteiger partial charge in [-0.3, -0.25) is 0 Å². The van der Waals surface area contributed by atoms with Crippen LogP contribution >= 0.6 is 11.3 Å². The second-order valence-electron chi connectivity index (χ2n) is 4.31. The molecular weight excluding hydrogens is 194 g/mol. The van der Waals surface area contributed by atoms with Gasteiger partial charge in [-0.2, -0.15) is 0 Å². The van der Waals surface area contributed by atoms with E-state index < -0.39 is 0 Å². The molecule has 4 heteroatoms. The van der Waals surface area contributed by atoms with Crippen LogP contribution in [0.2, 0.25) is 0 Å². The topological polar surface area (TPSA) is 51.8 Å². The van der Waals surface area contributed by atoms with Crippen molar-refractivity contribution < 1.29 is 0 Å². The Kier molecular flexibility index (Phi) is 2.83. The molecule has 2 N–H and O–H groups in total. The summed E-state index contributed by atoms with van der Waals surface area (Å²) in [6, 6.07) is 0. The van der Waals surface area contributed by atoms with E-state index in [1.807, 2.05) is 0 Å². The van der Waals surface area contributed by atoms with E-state index in [1.54, 1.807) is 11.3 Å². The molecular formula is C10H17N3S. The van der Waals surface area contributed by atoms with Crippen molar-refractivity contribution in [2.45, 2.75) is 44.4 Å². The second-order valence-corrected chi connectivity index (χ2v) is 5.37. The Labute approximate surface area is 88.7 Å². The van der Waals surface area contributed by atoms with Gasteiger partial charge in [0.1, 0.15) is 10.0 Å². The van der Waals surface area contributed by atoms with Crippen LogP contribution in [0.4, 0.5) is 0 Å². The number of hydrogen-bond donors (Lipinski definition) is 1. The summed E-state index contributed by atoms with van der Waals surface area (Å²) in [7, 11) is 0. The first kappa shape index (κ1) is 10.1. The lowest BCUT2D eigenvalue weighted by molar-refractivity contribution is 0.484. The zero-order valence-corrected chi connectivity index (χ0v) is 9.44. The van der Waals surface area contributed by atoms with E-state index in [0.29, 0.717) is 12.0 Å². The van der Waals surface area contributed by atoms with Crippen molar-refractivity contribution in [3.05, 3.63) is 10.0 Å². The van der Waals surface area contributed by atoms with Crippen LogP contribution < -0.4 is 5.73 Å². The van der Waals surface area contributed by atoms with Gasteiger partial charge >= 0.3 is 0 Å². The molecule has 2 rings (SSSR count). The minimum Gasteiger partial charge on any atom is -0.330 e. The molecule has 1 aromatic heterocycles. The van der Waals surface area contributed by atoms with Crippen molar-refractivity contribution in [2.75, 3.05) is 6.54 Å². The molecule has 1 aromatic rings. The van der Waals surface area contributed by atoms with Gasteiger partial charge < -0.3 is 5.73 Å². The minimum atomic E-state index is 0.310. The molecule has 0 atom stereocenters. The number of rotatable bonds is 3. The van der Waals surface area contributed by atoms with E-state index in [0.717, 1.165) is 11.4 Å². The SMILES string of the molecule is CC1(c2nnc(CCN)s2)CCCC1. The molecule has 0 spiro atoms. The van der Waals surface area contributed by atoms with Crippen molar-refractivity contribution in [2.24, 2.45) is 5.73 Å². The quantitative estimate of drug-likeness (QED) is 0.830. The highest BCUT2D eigenvalue weighted by atomic mass is 32.1. The van der Waals surface area contributed by atoms with Crippen molar-refractivity contribution >= 4 is 11.3 Å². The standard InChI is InChI=1S/C10H17N3S/c1-10(5-2-3-6-10)9-13-12-8(14-9)4-7-11/h2-7,11H2,1H3. The lowest BCUT2D eigenvalue weighted by Crippen LogP contribution is -2.16. The maximum Gasteiger partial charge on any atom is 0.123 e. The zero-order chi connectivity index (χ0) is 10.0. The average molecular weight is 211 g/mol. The Morgan fingerprint density at radius 2 is 2.07 bits per heavy atom. The third-order valence-corrected chi connectivity index (χ3v) is 4.34. The van der Waals surface area contributed by atoms with Crippen molar-refractivity contribution in [3.63, 3.8) is 0 Å². The minimum absolute atomic E-state index is 0.310. The Balaban J connectivity index is 2.15. The van der Waals surface area contributed by atoms with Crippen LogP contribution in [0.3, 0.4) is 0 Å². The fourth-order valence-corrected chi connectivity index (χ4v) is 3.15. The fraction of sp³-hybridized carbons (Fsp3) is 0.800. The zero-order valence-electron chi connectivity index (χ0n) is 8.62. The van der Waals surface area contributed by atoms with Gasteiger partial charge in [0.25, 0.3) is 0 Å². The van der Waals surface area contributed by atoms with E-state index in [-0.39, 0.29) is 0 Å². The van der Waals surface area contributed by atoms with E-state index in [1.165, 1.54) is 30.7 Å². The summed E-state index contributed by atoms with van der Waals surface area (Å²) in [6.45, 7) is 2.98. The Hall–Kier alpha value is -0.480. The molecule has 1 aliphatic rings. The Morgan fingerprint density at radius 1 is 1.36 bits per heavy atom. The fourth-order valence-electron chi connectivity index (χ4n) is 2.09. The maximum absolute atomic E-state index is 5.50. The molecule has 0 aliphatic heterocycles. The number of hydrogen-bond acceptors (Lipinski definition) is 4. The largest absolute Gasteiger partial charge is 0.330 e. The Bertz CT molecular complexity index is 302. The van der Waals surface area contributed by atoms with E-state index >= 15 is 0 Å². The van der Waals surface area contributed by atoms with E-state index in [4.69, 9.17) is 5.73 Å². The highest BCUT2D eigenvalue weighted by Gasteiger charge is 2.33. The molecule has 14 heavy (non-hydrogen) atoms. The van der Waals surface area contributed by atoms with Crippen LogP contribution in [0.25, 0.3) is 0 Å². The van der Waals surface area contributed by atoms with E-state index in [9.17, 15) is 0 Å². The molecule has 1 heterocycles. The van der Waals surface area contributed by atoms with Crippen LogP contribution in [0.5, 0.6) is 0 Å². The summed E-state index contributed by atoms with van der Waals surface area (Å²) in [5, 5.41) is 10.8. The molecule has 0 radical (unpaired) electrons. The van der Waals surface area contributed by atoms with Gasteiger partial charge in [0, 0.05) is 11.8 Å². The molecule has 1 aliphatic carbocycles. The van der Waals surface area contributed by atoms with Crippen molar-refractivity contribution in [3.8, 4) is 0 Å². The molecule has 78 valence electrons. The highest BCUT2D eigenvalue weighted by Crippen LogP contribution is 2.41. The Morgan fingerprint density at radius 3 is 2.71 bits per heavy atom. The number of nitrogens with two attached hydrogens (primary N) is 1. The maximum atomic E-state index is 5.50. The molecule has 1 fully saturated rings. The van der Waals surface area contributed by atoms with Gasteiger partial charge in [-0.25, -0.2) is 0 Å². The summed E-state index contributed by atoms with van der Waals surface area (Å²) in [5.74, 6) is 0. The van der Waals surface area contributed by atoms with Gasteiger partial charge in [-0.1, -0.05) is 19.8 Å². The molecule has 0 amide bonds. The summed E-state index contributed by atoms with van der Waals surface area (Å²) in [5.41, 5.74) is 5.81. The van der Waals surface area contributed by atoms with Gasteiger partial charge in [-0.15, -0.1) is 21.5 Å². The predicted molar refractivity (Wildman–Crippen MR) is 58.5 cm³/mol. The summed E-state index contributed by atoms with van der Waals surface area (Å²) in [6.07, 6.45) is 6.08. The summed E-state index contributed by atoms with van der Waals surface area (Å²) >= 11 is 1.75. The summed E-state index contributed by atoms with van der Waals surface area (Å²) < 4.78 is 0. The number of nitrogens with zero attached hydrogens (tertiary/aromatic N) is 2. The first-order valence-electron chi connectivity index (χ1n) is 5.27. The summed E-state index contributed by atoms with van der Waals surface area (Å²) in [4.78, 5) is 0. The van der Waals surface area contributed by atoms with Crippen molar-refractivity contribution in [1.29, 1.82) is 0 Å². The monoisotopic (exact) mass is 211 g/mol. The normalized spacial score (nSPS) is 20.1. The van der Waals surface area contributed by atoms with Crippen LogP contribution in [-0.4, -0.2) is 16.7 Å². The predicted octanol–water partition coefficient (Wildman–Crippen LogP) is 1.87. The van der Waals surface area contributed by atoms with Gasteiger partial charge in [-0.05, 0) is 19.4 Å². The van der Waals surface area contributed by atoms with Crippen LogP contribution in [0.15, 0.2) is 0 Å². The third-order valence-electron chi connectivity index (χ3n) is 3.05. The lowest BCUT2D eigenvalue weighted by atomic mass is 9.90. The molecule has 3 nitrogen and oxygen atoms in total. The average Bonchev–Trinajstić information content (AvgIpc) is 2.75. The molecule has 0 unspecified atom stereocenters. The van der Waals surface area contributed by atoms with E-state index in [2.05, 4.69) is 17.1 Å². The molecule has 0 aromatic carbocycles. The number of aromatic nitrogens is 2. The van der Waals surface area contributed by atoms with Gasteiger partial charge in [0.05, 0.1) is 0 Å². The first-order valence-corrected chi connectivity index (χ1v) is 6.09.